The van der Waals surface area contributed by atoms with Crippen LogP contribution >= 0.6 is 0 Å². The van der Waals surface area contributed by atoms with E-state index in [1.54, 1.807) is 17.9 Å². The summed E-state index contributed by atoms with van der Waals surface area (Å²) in [6.45, 7) is 2.53. The molecule has 1 unspecified atom stereocenters. The summed E-state index contributed by atoms with van der Waals surface area (Å²) in [6.07, 6.45) is 1.57. The van der Waals surface area contributed by atoms with Gasteiger partial charge in [-0.05, 0) is 12.6 Å². The molecule has 1 atom stereocenters. The van der Waals surface area contributed by atoms with Crippen molar-refractivity contribution in [3.8, 4) is 5.75 Å². The highest BCUT2D eigenvalue weighted by Crippen LogP contribution is 2.31. The maximum atomic E-state index is 14.0. The van der Waals surface area contributed by atoms with Crippen LogP contribution in [0.2, 0.25) is 0 Å². The summed E-state index contributed by atoms with van der Waals surface area (Å²) in [5, 5.41) is 7.29. The Labute approximate surface area is 116 Å². The highest BCUT2D eigenvalue weighted by molar-refractivity contribution is 5.37. The van der Waals surface area contributed by atoms with Gasteiger partial charge < -0.3 is 10.1 Å². The first-order valence-corrected chi connectivity index (χ1v) is 6.32. The van der Waals surface area contributed by atoms with E-state index in [1.165, 1.54) is 19.2 Å². The second-order valence-electron chi connectivity index (χ2n) is 4.38. The number of ether oxygens (including phenoxy) is 1. The van der Waals surface area contributed by atoms with Gasteiger partial charge in [0.25, 0.3) is 0 Å². The molecule has 0 aliphatic heterocycles. The van der Waals surface area contributed by atoms with Gasteiger partial charge in [-0.2, -0.15) is 5.10 Å². The fourth-order valence-corrected chi connectivity index (χ4v) is 2.21. The van der Waals surface area contributed by atoms with Gasteiger partial charge in [-0.3, -0.25) is 4.68 Å². The maximum absolute atomic E-state index is 14.0. The molecule has 0 aliphatic carbocycles. The van der Waals surface area contributed by atoms with Crippen LogP contribution in [-0.2, 0) is 7.05 Å². The van der Waals surface area contributed by atoms with Crippen molar-refractivity contribution in [2.24, 2.45) is 7.05 Å². The van der Waals surface area contributed by atoms with Crippen LogP contribution < -0.4 is 10.1 Å². The second kappa shape index (κ2) is 6.00. The molecule has 1 aromatic heterocycles. The number of benzene rings is 1. The molecular formula is C14H17F2N3O. The molecule has 20 heavy (non-hydrogen) atoms. The molecule has 0 aliphatic rings. The molecular weight excluding hydrogens is 264 g/mol. The lowest BCUT2D eigenvalue weighted by molar-refractivity contribution is 0.399. The van der Waals surface area contributed by atoms with E-state index >= 15 is 0 Å². The zero-order valence-electron chi connectivity index (χ0n) is 11.7. The number of rotatable bonds is 5. The molecule has 0 amide bonds. The van der Waals surface area contributed by atoms with E-state index in [1.807, 2.05) is 6.92 Å². The summed E-state index contributed by atoms with van der Waals surface area (Å²) in [5.41, 5.74) is 1.05. The van der Waals surface area contributed by atoms with Crippen molar-refractivity contribution in [3.63, 3.8) is 0 Å². The van der Waals surface area contributed by atoms with Gasteiger partial charge in [0.15, 0.2) is 5.75 Å². The smallest absolute Gasteiger partial charge is 0.161 e. The van der Waals surface area contributed by atoms with Gasteiger partial charge in [0.1, 0.15) is 17.3 Å². The molecule has 108 valence electrons. The Morgan fingerprint density at radius 1 is 1.40 bits per heavy atom. The van der Waals surface area contributed by atoms with E-state index in [9.17, 15) is 8.78 Å². The van der Waals surface area contributed by atoms with E-state index in [0.717, 1.165) is 6.07 Å². The Balaban J connectivity index is 2.53. The zero-order valence-corrected chi connectivity index (χ0v) is 11.7. The second-order valence-corrected chi connectivity index (χ2v) is 4.38. The van der Waals surface area contributed by atoms with Crippen LogP contribution in [0.1, 0.15) is 24.2 Å². The van der Waals surface area contributed by atoms with Crippen LogP contribution in [0.15, 0.2) is 24.4 Å². The lowest BCUT2D eigenvalue weighted by Gasteiger charge is -2.20. The summed E-state index contributed by atoms with van der Waals surface area (Å²) in [5.74, 6) is -0.639. The molecule has 0 bridgehead atoms. The number of hydrogen-bond acceptors (Lipinski definition) is 3. The first kappa shape index (κ1) is 14.5. The first-order chi connectivity index (χ1) is 9.58. The number of aryl methyl sites for hydroxylation is 1. The molecule has 0 saturated carbocycles. The summed E-state index contributed by atoms with van der Waals surface area (Å²) >= 11 is 0. The van der Waals surface area contributed by atoms with Crippen molar-refractivity contribution in [1.82, 2.24) is 15.1 Å². The molecule has 4 nitrogen and oxygen atoms in total. The van der Waals surface area contributed by atoms with Gasteiger partial charge in [0, 0.05) is 18.7 Å². The minimum atomic E-state index is -0.599. The number of nitrogens with zero attached hydrogens (tertiary/aromatic N) is 2. The molecule has 0 radical (unpaired) electrons. The zero-order chi connectivity index (χ0) is 14.7. The Morgan fingerprint density at radius 3 is 2.75 bits per heavy atom. The van der Waals surface area contributed by atoms with E-state index < -0.39 is 17.7 Å². The van der Waals surface area contributed by atoms with Crippen molar-refractivity contribution >= 4 is 0 Å². The van der Waals surface area contributed by atoms with Crippen molar-refractivity contribution in [3.05, 3.63) is 47.3 Å². The predicted octanol–water partition coefficient (Wildman–Crippen LogP) is 2.41. The van der Waals surface area contributed by atoms with Crippen LogP contribution in [-0.4, -0.2) is 23.4 Å². The number of hydrogen-bond donors (Lipinski definition) is 1. The number of nitrogens with one attached hydrogen (secondary N) is 1. The van der Waals surface area contributed by atoms with E-state index in [4.69, 9.17) is 4.74 Å². The van der Waals surface area contributed by atoms with Gasteiger partial charge in [-0.15, -0.1) is 0 Å². The molecule has 0 spiro atoms. The third-order valence-electron chi connectivity index (χ3n) is 3.12. The van der Waals surface area contributed by atoms with Crippen LogP contribution in [0.4, 0.5) is 8.78 Å². The van der Waals surface area contributed by atoms with Crippen molar-refractivity contribution in [2.45, 2.75) is 13.0 Å². The third kappa shape index (κ3) is 2.65. The van der Waals surface area contributed by atoms with Crippen molar-refractivity contribution < 1.29 is 13.5 Å². The molecule has 1 heterocycles. The summed E-state index contributed by atoms with van der Waals surface area (Å²) < 4.78 is 34.0. The molecule has 0 fully saturated rings. The Hall–Kier alpha value is -1.95. The van der Waals surface area contributed by atoms with E-state index in [2.05, 4.69) is 10.4 Å². The summed E-state index contributed by atoms with van der Waals surface area (Å²) in [4.78, 5) is 0. The van der Waals surface area contributed by atoms with Crippen LogP contribution in [0.3, 0.4) is 0 Å². The summed E-state index contributed by atoms with van der Waals surface area (Å²) in [6, 6.07) is 3.10. The predicted molar refractivity (Wildman–Crippen MR) is 71.6 cm³/mol. The number of aromatic nitrogens is 2. The number of methoxy groups -OCH3 is 1. The molecule has 2 aromatic rings. The molecule has 0 saturated heterocycles. The largest absolute Gasteiger partial charge is 0.493 e. The quantitative estimate of drug-likeness (QED) is 0.914. The van der Waals surface area contributed by atoms with Gasteiger partial charge in [0.2, 0.25) is 0 Å². The van der Waals surface area contributed by atoms with Gasteiger partial charge in [0.05, 0.1) is 19.3 Å². The molecule has 1 N–H and O–H groups in total. The monoisotopic (exact) mass is 281 g/mol. The van der Waals surface area contributed by atoms with Crippen LogP contribution in [0.5, 0.6) is 5.75 Å². The molecule has 2 rings (SSSR count). The fraction of sp³-hybridized carbons (Fsp3) is 0.357. The third-order valence-corrected chi connectivity index (χ3v) is 3.12. The van der Waals surface area contributed by atoms with Gasteiger partial charge in [-0.1, -0.05) is 13.0 Å². The number of halogens is 2. The Bertz CT molecular complexity index is 598. The van der Waals surface area contributed by atoms with Crippen molar-refractivity contribution in [2.75, 3.05) is 13.7 Å². The topological polar surface area (TPSA) is 39.1 Å². The van der Waals surface area contributed by atoms with Crippen LogP contribution in [0.25, 0.3) is 0 Å². The van der Waals surface area contributed by atoms with Crippen LogP contribution in [0, 0.1) is 11.6 Å². The normalized spacial score (nSPS) is 12.4. The lowest BCUT2D eigenvalue weighted by atomic mass is 10.0. The average molecular weight is 281 g/mol. The fourth-order valence-electron chi connectivity index (χ4n) is 2.21. The maximum Gasteiger partial charge on any atom is 0.161 e. The highest BCUT2D eigenvalue weighted by atomic mass is 19.1. The lowest BCUT2D eigenvalue weighted by Crippen LogP contribution is -2.25. The minimum absolute atomic E-state index is 0.357. The van der Waals surface area contributed by atoms with E-state index in [-0.39, 0.29) is 0 Å². The Kier molecular flexibility index (Phi) is 4.34. The Morgan fingerprint density at radius 2 is 2.15 bits per heavy atom. The SMILES string of the molecule is CCNC(c1ccc(F)cc1F)c1c(OC)cnn1C. The van der Waals surface area contributed by atoms with Gasteiger partial charge >= 0.3 is 0 Å². The average Bonchev–Trinajstić information content (AvgIpc) is 2.78. The van der Waals surface area contributed by atoms with Gasteiger partial charge in [-0.25, -0.2) is 8.78 Å². The molecule has 1 aromatic carbocycles. The van der Waals surface area contributed by atoms with E-state index in [0.29, 0.717) is 23.6 Å². The minimum Gasteiger partial charge on any atom is -0.493 e. The summed E-state index contributed by atoms with van der Waals surface area (Å²) in [7, 11) is 3.29. The van der Waals surface area contributed by atoms with Crippen molar-refractivity contribution in [1.29, 1.82) is 0 Å². The first-order valence-electron chi connectivity index (χ1n) is 6.32. The standard InChI is InChI=1S/C14H17F2N3O/c1-4-17-13(10-6-5-9(15)7-11(10)16)14-12(20-3)8-18-19(14)2/h5-8,13,17H,4H2,1-3H3. The highest BCUT2D eigenvalue weighted by Gasteiger charge is 2.24. The molecule has 6 heteroatoms.